The summed E-state index contributed by atoms with van der Waals surface area (Å²) in [4.78, 5) is 38.0. The molecule has 0 aliphatic heterocycles. The van der Waals surface area contributed by atoms with Crippen molar-refractivity contribution in [1.29, 1.82) is 0 Å². The molecule has 1 atom stereocenters. The molecule has 0 fully saturated rings. The summed E-state index contributed by atoms with van der Waals surface area (Å²) in [5, 5.41) is 0. The number of allylic oxidation sites excluding steroid dienone is 8. The van der Waals surface area contributed by atoms with Crippen molar-refractivity contribution in [3.05, 3.63) is 48.6 Å². The van der Waals surface area contributed by atoms with E-state index in [0.29, 0.717) is 19.3 Å². The molecule has 1 unspecified atom stereocenters. The second kappa shape index (κ2) is 53.0. The minimum atomic E-state index is -0.797. The fourth-order valence-corrected chi connectivity index (χ4v) is 7.99. The molecule has 0 radical (unpaired) electrons. The summed E-state index contributed by atoms with van der Waals surface area (Å²) >= 11 is 0. The summed E-state index contributed by atoms with van der Waals surface area (Å²) in [6, 6.07) is 0. The van der Waals surface area contributed by atoms with Crippen LogP contribution in [0.15, 0.2) is 48.6 Å². The summed E-state index contributed by atoms with van der Waals surface area (Å²) < 4.78 is 16.8. The lowest BCUT2D eigenvalue weighted by Gasteiger charge is -2.18. The fourth-order valence-electron chi connectivity index (χ4n) is 7.99. The maximum absolute atomic E-state index is 12.8. The van der Waals surface area contributed by atoms with Crippen LogP contribution in [0.2, 0.25) is 0 Å². The number of hydrogen-bond donors (Lipinski definition) is 0. The van der Waals surface area contributed by atoms with Crippen LogP contribution in [0.3, 0.4) is 0 Å². The van der Waals surface area contributed by atoms with Gasteiger partial charge in [0.25, 0.3) is 0 Å². The Kier molecular flexibility index (Phi) is 50.8. The highest BCUT2D eigenvalue weighted by Gasteiger charge is 2.19. The van der Waals surface area contributed by atoms with Crippen molar-refractivity contribution in [1.82, 2.24) is 0 Å². The van der Waals surface area contributed by atoms with Crippen molar-refractivity contribution >= 4 is 17.9 Å². The first kappa shape index (κ1) is 61.4. The number of rotatable bonds is 50. The zero-order valence-electron chi connectivity index (χ0n) is 42.6. The van der Waals surface area contributed by atoms with Crippen LogP contribution in [0, 0.1) is 0 Å². The largest absolute Gasteiger partial charge is 0.462 e. The van der Waals surface area contributed by atoms with E-state index in [2.05, 4.69) is 63.3 Å². The van der Waals surface area contributed by atoms with Gasteiger partial charge in [-0.05, 0) is 44.9 Å². The molecule has 0 rings (SSSR count). The van der Waals surface area contributed by atoms with Gasteiger partial charge in [0.15, 0.2) is 6.10 Å². The molecular weight excluding hydrogens is 793 g/mol. The highest BCUT2D eigenvalue weighted by molar-refractivity contribution is 5.71. The quantitative estimate of drug-likeness (QED) is 0.0262. The zero-order chi connectivity index (χ0) is 46.5. The van der Waals surface area contributed by atoms with Crippen LogP contribution in [0.5, 0.6) is 0 Å². The van der Waals surface area contributed by atoms with E-state index in [1.54, 1.807) is 0 Å². The minimum absolute atomic E-state index is 0.0907. The number of hydrogen-bond acceptors (Lipinski definition) is 6. The first-order chi connectivity index (χ1) is 31.5. The molecular formula is C58H104O6. The van der Waals surface area contributed by atoms with Crippen molar-refractivity contribution in [2.45, 2.75) is 290 Å². The molecule has 0 aliphatic carbocycles. The Morgan fingerprint density at radius 2 is 0.609 bits per heavy atom. The lowest BCUT2D eigenvalue weighted by molar-refractivity contribution is -0.166. The Hall–Kier alpha value is -2.63. The van der Waals surface area contributed by atoms with Crippen LogP contribution in [-0.4, -0.2) is 37.2 Å². The molecule has 0 aromatic heterocycles. The standard InChI is InChI=1S/C58H104O6/c1-4-7-10-13-16-19-22-25-27-28-29-31-33-36-39-42-45-48-51-57(60)63-54-55(53-62-56(59)50-47-44-41-38-35-32-24-21-18-15-12-9-6-3)64-58(61)52-49-46-43-40-37-34-30-26-23-20-17-14-11-8-5-2/h9,12,18,21,32,35,41,44,55H,4-8,10-11,13-17,19-20,22-31,33-34,36-40,42-43,45-54H2,1-3H3/b12-9-,21-18-,35-32-,44-41-. The highest BCUT2D eigenvalue weighted by atomic mass is 16.6. The molecule has 0 bridgehead atoms. The first-order valence-corrected chi connectivity index (χ1v) is 27.6. The van der Waals surface area contributed by atoms with Gasteiger partial charge in [-0.3, -0.25) is 14.4 Å². The van der Waals surface area contributed by atoms with E-state index in [1.165, 1.54) is 173 Å². The third-order valence-corrected chi connectivity index (χ3v) is 12.1. The third-order valence-electron chi connectivity index (χ3n) is 12.1. The third kappa shape index (κ3) is 50.4. The van der Waals surface area contributed by atoms with Gasteiger partial charge < -0.3 is 14.2 Å². The van der Waals surface area contributed by atoms with Gasteiger partial charge in [0.05, 0.1) is 0 Å². The molecule has 0 saturated heterocycles. The van der Waals surface area contributed by atoms with Crippen molar-refractivity contribution < 1.29 is 28.6 Å². The van der Waals surface area contributed by atoms with Gasteiger partial charge in [-0.1, -0.05) is 268 Å². The maximum Gasteiger partial charge on any atom is 0.306 e. The van der Waals surface area contributed by atoms with Crippen molar-refractivity contribution in [3.63, 3.8) is 0 Å². The maximum atomic E-state index is 12.8. The molecule has 0 aliphatic rings. The molecule has 0 aromatic rings. The topological polar surface area (TPSA) is 78.9 Å². The molecule has 0 aromatic carbocycles. The molecule has 64 heavy (non-hydrogen) atoms. The predicted molar refractivity (Wildman–Crippen MR) is 275 cm³/mol. The predicted octanol–water partition coefficient (Wildman–Crippen LogP) is 18.3. The number of carbonyl (C=O) groups is 3. The van der Waals surface area contributed by atoms with Crippen LogP contribution in [0.1, 0.15) is 284 Å². The molecule has 6 heteroatoms. The summed E-state index contributed by atoms with van der Waals surface area (Å²) in [5.74, 6) is -0.961. The van der Waals surface area contributed by atoms with Crippen LogP contribution in [-0.2, 0) is 28.6 Å². The SMILES string of the molecule is CC/C=C\C/C=C\C/C=C\C/C=C\CCC(=O)OCC(COC(=O)CCCCCCCCCCCCCCCCCCCC)OC(=O)CCCCCCCCCCCCCCCCC. The Morgan fingerprint density at radius 3 is 0.953 bits per heavy atom. The lowest BCUT2D eigenvalue weighted by atomic mass is 10.0. The first-order valence-electron chi connectivity index (χ1n) is 27.6. The highest BCUT2D eigenvalue weighted by Crippen LogP contribution is 2.17. The van der Waals surface area contributed by atoms with Gasteiger partial charge in [0, 0.05) is 19.3 Å². The van der Waals surface area contributed by atoms with E-state index < -0.39 is 6.10 Å². The number of carbonyl (C=O) groups excluding carboxylic acids is 3. The van der Waals surface area contributed by atoms with Crippen molar-refractivity contribution in [2.24, 2.45) is 0 Å². The Labute approximate surface area is 397 Å². The van der Waals surface area contributed by atoms with Gasteiger partial charge >= 0.3 is 17.9 Å². The summed E-state index contributed by atoms with van der Waals surface area (Å²) in [6.45, 7) is 6.50. The van der Waals surface area contributed by atoms with Gasteiger partial charge in [-0.25, -0.2) is 0 Å². The fraction of sp³-hybridized carbons (Fsp3) is 0.810. The normalized spacial score (nSPS) is 12.4. The van der Waals surface area contributed by atoms with Crippen LogP contribution < -0.4 is 0 Å². The average molecular weight is 897 g/mol. The van der Waals surface area contributed by atoms with Gasteiger partial charge in [-0.2, -0.15) is 0 Å². The van der Waals surface area contributed by atoms with E-state index in [9.17, 15) is 14.4 Å². The Balaban J connectivity index is 4.38. The van der Waals surface area contributed by atoms with Gasteiger partial charge in [0.1, 0.15) is 13.2 Å². The van der Waals surface area contributed by atoms with Gasteiger partial charge in [0.2, 0.25) is 0 Å². The van der Waals surface area contributed by atoms with Gasteiger partial charge in [-0.15, -0.1) is 0 Å². The van der Waals surface area contributed by atoms with E-state index in [1.807, 2.05) is 6.08 Å². The summed E-state index contributed by atoms with van der Waals surface area (Å²) in [6.07, 6.45) is 64.0. The monoisotopic (exact) mass is 897 g/mol. The van der Waals surface area contributed by atoms with Crippen molar-refractivity contribution in [3.8, 4) is 0 Å². The van der Waals surface area contributed by atoms with Crippen LogP contribution >= 0.6 is 0 Å². The average Bonchev–Trinajstić information content (AvgIpc) is 3.29. The molecule has 6 nitrogen and oxygen atoms in total. The Morgan fingerprint density at radius 1 is 0.328 bits per heavy atom. The van der Waals surface area contributed by atoms with E-state index >= 15 is 0 Å². The van der Waals surface area contributed by atoms with E-state index in [0.717, 1.165) is 64.2 Å². The smallest absolute Gasteiger partial charge is 0.306 e. The van der Waals surface area contributed by atoms with Crippen LogP contribution in [0.4, 0.5) is 0 Å². The summed E-state index contributed by atoms with van der Waals surface area (Å²) in [5.41, 5.74) is 0. The molecule has 372 valence electrons. The zero-order valence-corrected chi connectivity index (χ0v) is 42.6. The molecule has 0 spiro atoms. The summed E-state index contributed by atoms with van der Waals surface area (Å²) in [7, 11) is 0. The molecule has 0 N–H and O–H groups in total. The van der Waals surface area contributed by atoms with Crippen molar-refractivity contribution in [2.75, 3.05) is 13.2 Å². The van der Waals surface area contributed by atoms with E-state index in [-0.39, 0.29) is 37.5 Å². The Bertz CT molecular complexity index is 1120. The number of esters is 3. The lowest BCUT2D eigenvalue weighted by Crippen LogP contribution is -2.30. The van der Waals surface area contributed by atoms with E-state index in [4.69, 9.17) is 14.2 Å². The second-order valence-corrected chi connectivity index (χ2v) is 18.5. The minimum Gasteiger partial charge on any atom is -0.462 e. The molecule has 0 saturated carbocycles. The van der Waals surface area contributed by atoms with Crippen LogP contribution in [0.25, 0.3) is 0 Å². The molecule has 0 amide bonds. The second-order valence-electron chi connectivity index (χ2n) is 18.5. The number of unbranched alkanes of at least 4 members (excludes halogenated alkanes) is 31. The number of ether oxygens (including phenoxy) is 3. The molecule has 0 heterocycles.